The highest BCUT2D eigenvalue weighted by Crippen LogP contribution is 2.28. The number of likely N-dealkylation sites (N-methyl/N-ethyl adjacent to an activating group) is 1. The molecule has 0 aliphatic carbocycles. The van der Waals surface area contributed by atoms with E-state index in [-0.39, 0.29) is 18.4 Å². The largest absolute Gasteiger partial charge is 0.484 e. The van der Waals surface area contributed by atoms with Crippen LogP contribution in [0.15, 0.2) is 36.4 Å². The number of aryl methyl sites for hydroxylation is 2. The molecule has 2 aromatic rings. The normalized spacial score (nSPS) is 14.3. The van der Waals surface area contributed by atoms with Gasteiger partial charge in [0.05, 0.1) is 11.4 Å². The molecule has 2 amide bonds. The molecule has 0 radical (unpaired) electrons. The van der Waals surface area contributed by atoms with Gasteiger partial charge < -0.3 is 25.2 Å². The Kier molecular flexibility index (Phi) is 7.52. The number of carbonyl (C=O) groups excluding carboxylic acids is 2. The van der Waals surface area contributed by atoms with Crippen LogP contribution in [0.5, 0.6) is 5.75 Å². The summed E-state index contributed by atoms with van der Waals surface area (Å²) in [5.41, 5.74) is 4.22. The van der Waals surface area contributed by atoms with Crippen molar-refractivity contribution in [3.05, 3.63) is 53.1 Å². The third-order valence-electron chi connectivity index (χ3n) is 5.49. The molecule has 0 spiro atoms. The van der Waals surface area contributed by atoms with E-state index < -0.39 is 0 Å². The standard InChI is InChI=1S/C24H32N4O3/c1-5-27-8-10-28(11-9-27)22-7-6-19(24(30)25-4)15-21(22)26-23(29)16-31-20-13-17(2)12-18(3)14-20/h6-7,12-15H,5,8-11,16H2,1-4H3,(H,25,30)(H,26,29). The summed E-state index contributed by atoms with van der Waals surface area (Å²) in [5, 5.41) is 5.59. The second-order valence-corrected chi connectivity index (χ2v) is 7.89. The Morgan fingerprint density at radius 3 is 2.29 bits per heavy atom. The van der Waals surface area contributed by atoms with Gasteiger partial charge in [-0.3, -0.25) is 9.59 Å². The molecule has 0 atom stereocenters. The summed E-state index contributed by atoms with van der Waals surface area (Å²) >= 11 is 0. The van der Waals surface area contributed by atoms with Crippen LogP contribution in [0.1, 0.15) is 28.4 Å². The fourth-order valence-electron chi connectivity index (χ4n) is 3.85. The minimum atomic E-state index is -0.262. The second kappa shape index (κ2) is 10.3. The van der Waals surface area contributed by atoms with Crippen molar-refractivity contribution in [3.8, 4) is 5.75 Å². The van der Waals surface area contributed by atoms with Gasteiger partial charge in [-0.1, -0.05) is 13.0 Å². The van der Waals surface area contributed by atoms with E-state index in [4.69, 9.17) is 4.74 Å². The molecule has 7 nitrogen and oxygen atoms in total. The van der Waals surface area contributed by atoms with Crippen LogP contribution in [0, 0.1) is 13.8 Å². The van der Waals surface area contributed by atoms with Crippen molar-refractivity contribution in [1.29, 1.82) is 0 Å². The summed E-state index contributed by atoms with van der Waals surface area (Å²) in [7, 11) is 1.59. The van der Waals surface area contributed by atoms with Gasteiger partial charge in [0.25, 0.3) is 11.8 Å². The Morgan fingerprint density at radius 1 is 1.00 bits per heavy atom. The van der Waals surface area contributed by atoms with Crippen molar-refractivity contribution >= 4 is 23.2 Å². The predicted molar refractivity (Wildman–Crippen MR) is 124 cm³/mol. The van der Waals surface area contributed by atoms with Crippen molar-refractivity contribution in [3.63, 3.8) is 0 Å². The molecule has 0 bridgehead atoms. The number of ether oxygens (including phenoxy) is 1. The van der Waals surface area contributed by atoms with Crippen LogP contribution in [-0.2, 0) is 4.79 Å². The summed E-state index contributed by atoms with van der Waals surface area (Å²) in [4.78, 5) is 29.4. The topological polar surface area (TPSA) is 73.9 Å². The number of benzene rings is 2. The molecular weight excluding hydrogens is 392 g/mol. The average Bonchev–Trinajstić information content (AvgIpc) is 2.76. The van der Waals surface area contributed by atoms with Crippen molar-refractivity contribution in [2.45, 2.75) is 20.8 Å². The maximum absolute atomic E-state index is 12.7. The van der Waals surface area contributed by atoms with Crippen molar-refractivity contribution in [2.75, 3.05) is 56.6 Å². The molecule has 31 heavy (non-hydrogen) atoms. The third kappa shape index (κ3) is 5.98. The molecule has 2 N–H and O–H groups in total. The number of nitrogens with one attached hydrogen (secondary N) is 2. The van der Waals surface area contributed by atoms with Crippen LogP contribution in [-0.4, -0.2) is 63.1 Å². The maximum Gasteiger partial charge on any atom is 0.262 e. The third-order valence-corrected chi connectivity index (χ3v) is 5.49. The highest BCUT2D eigenvalue weighted by molar-refractivity contribution is 6.00. The lowest BCUT2D eigenvalue weighted by Gasteiger charge is -2.36. The SMILES string of the molecule is CCN1CCN(c2ccc(C(=O)NC)cc2NC(=O)COc2cc(C)cc(C)c2)CC1. The summed E-state index contributed by atoms with van der Waals surface area (Å²) in [6.07, 6.45) is 0. The molecule has 0 aromatic heterocycles. The molecule has 0 saturated carbocycles. The van der Waals surface area contributed by atoms with Crippen LogP contribution in [0.4, 0.5) is 11.4 Å². The number of piperazine rings is 1. The van der Waals surface area contributed by atoms with E-state index in [2.05, 4.69) is 33.4 Å². The van der Waals surface area contributed by atoms with E-state index in [0.29, 0.717) is 17.0 Å². The highest BCUT2D eigenvalue weighted by atomic mass is 16.5. The average molecular weight is 425 g/mol. The molecule has 1 heterocycles. The molecule has 1 aliphatic heterocycles. The van der Waals surface area contributed by atoms with Crippen LogP contribution >= 0.6 is 0 Å². The Labute approximate surface area is 184 Å². The first-order valence-electron chi connectivity index (χ1n) is 10.7. The van der Waals surface area contributed by atoms with Crippen molar-refractivity contribution < 1.29 is 14.3 Å². The van der Waals surface area contributed by atoms with E-state index >= 15 is 0 Å². The van der Waals surface area contributed by atoms with Gasteiger partial charge in [0.15, 0.2) is 6.61 Å². The summed E-state index contributed by atoms with van der Waals surface area (Å²) < 4.78 is 5.70. The lowest BCUT2D eigenvalue weighted by atomic mass is 10.1. The minimum Gasteiger partial charge on any atom is -0.484 e. The molecule has 1 saturated heterocycles. The van der Waals surface area contributed by atoms with E-state index in [0.717, 1.165) is 49.5 Å². The molecular formula is C24H32N4O3. The number of hydrogen-bond donors (Lipinski definition) is 2. The highest BCUT2D eigenvalue weighted by Gasteiger charge is 2.20. The lowest BCUT2D eigenvalue weighted by Crippen LogP contribution is -2.46. The van der Waals surface area contributed by atoms with Gasteiger partial charge in [0, 0.05) is 38.8 Å². The van der Waals surface area contributed by atoms with Crippen LogP contribution in [0.3, 0.4) is 0 Å². The van der Waals surface area contributed by atoms with Crippen molar-refractivity contribution in [2.24, 2.45) is 0 Å². The second-order valence-electron chi connectivity index (χ2n) is 7.89. The first-order valence-corrected chi connectivity index (χ1v) is 10.7. The Hall–Kier alpha value is -3.06. The van der Waals surface area contributed by atoms with Gasteiger partial charge in [-0.2, -0.15) is 0 Å². The zero-order valence-corrected chi connectivity index (χ0v) is 18.8. The number of rotatable bonds is 7. The Bertz CT molecular complexity index is 916. The summed E-state index contributed by atoms with van der Waals surface area (Å²) in [6.45, 7) is 10.8. The monoisotopic (exact) mass is 424 g/mol. The fraction of sp³-hybridized carbons (Fsp3) is 0.417. The van der Waals surface area contributed by atoms with Gasteiger partial charge in [-0.25, -0.2) is 0 Å². The van der Waals surface area contributed by atoms with Gasteiger partial charge in [0.2, 0.25) is 0 Å². The van der Waals surface area contributed by atoms with Crippen LogP contribution in [0.25, 0.3) is 0 Å². The number of hydrogen-bond acceptors (Lipinski definition) is 5. The zero-order chi connectivity index (χ0) is 22.4. The summed E-state index contributed by atoms with van der Waals surface area (Å²) in [6, 6.07) is 11.3. The predicted octanol–water partition coefficient (Wildman–Crippen LogP) is 2.82. The quantitative estimate of drug-likeness (QED) is 0.715. The zero-order valence-electron chi connectivity index (χ0n) is 18.8. The fourth-order valence-corrected chi connectivity index (χ4v) is 3.85. The molecule has 2 aromatic carbocycles. The van der Waals surface area contributed by atoms with E-state index in [1.165, 1.54) is 0 Å². The van der Waals surface area contributed by atoms with Gasteiger partial charge in [-0.15, -0.1) is 0 Å². The molecule has 3 rings (SSSR count). The first-order chi connectivity index (χ1) is 14.9. The first kappa shape index (κ1) is 22.6. The smallest absolute Gasteiger partial charge is 0.262 e. The van der Waals surface area contributed by atoms with Crippen LogP contribution in [0.2, 0.25) is 0 Å². The van der Waals surface area contributed by atoms with Crippen LogP contribution < -0.4 is 20.3 Å². The Balaban J connectivity index is 1.75. The van der Waals surface area contributed by atoms with Crippen molar-refractivity contribution in [1.82, 2.24) is 10.2 Å². The number of amides is 2. The van der Waals surface area contributed by atoms with Gasteiger partial charge in [0.1, 0.15) is 5.75 Å². The van der Waals surface area contributed by atoms with Gasteiger partial charge >= 0.3 is 0 Å². The van der Waals surface area contributed by atoms with E-state index in [1.807, 2.05) is 32.0 Å². The lowest BCUT2D eigenvalue weighted by molar-refractivity contribution is -0.118. The number of carbonyl (C=O) groups is 2. The molecule has 7 heteroatoms. The van der Waals surface area contributed by atoms with E-state index in [9.17, 15) is 9.59 Å². The minimum absolute atomic E-state index is 0.101. The molecule has 166 valence electrons. The maximum atomic E-state index is 12.7. The Morgan fingerprint density at radius 2 is 1.68 bits per heavy atom. The molecule has 1 fully saturated rings. The molecule has 1 aliphatic rings. The number of nitrogens with zero attached hydrogens (tertiary/aromatic N) is 2. The van der Waals surface area contributed by atoms with E-state index in [1.54, 1.807) is 19.2 Å². The molecule has 0 unspecified atom stereocenters. The van der Waals surface area contributed by atoms with Gasteiger partial charge in [-0.05, 0) is 61.9 Å². The number of anilines is 2. The summed E-state index contributed by atoms with van der Waals surface area (Å²) in [5.74, 6) is 0.216.